The van der Waals surface area contributed by atoms with Crippen LogP contribution in [-0.2, 0) is 0 Å². The topological polar surface area (TPSA) is 55.4 Å². The van der Waals surface area contributed by atoms with Crippen LogP contribution >= 0.6 is 0 Å². The molecule has 27 heavy (non-hydrogen) atoms. The average Bonchev–Trinajstić information content (AvgIpc) is 2.95. The Morgan fingerprint density at radius 3 is 2.22 bits per heavy atom. The number of carbonyl (C=O) groups is 2. The smallest absolute Gasteiger partial charge is 0.387 e. The molecule has 3 aromatic carbocycles. The summed E-state index contributed by atoms with van der Waals surface area (Å²) in [6.45, 7) is -2.90. The van der Waals surface area contributed by atoms with Gasteiger partial charge < -0.3 is 10.1 Å². The van der Waals surface area contributed by atoms with Crippen LogP contribution in [0, 0.1) is 0 Å². The summed E-state index contributed by atoms with van der Waals surface area (Å²) in [4.78, 5) is 25.0. The first-order valence-corrected chi connectivity index (χ1v) is 8.17. The fraction of sp³-hybridized carbons (Fsp3) is 0.0476. The molecular formula is C21H13F2NO3. The quantitative estimate of drug-likeness (QED) is 0.568. The number of nitrogens with one attached hydrogen (secondary N) is 1. The van der Waals surface area contributed by atoms with Crippen molar-refractivity contribution >= 4 is 17.4 Å². The Morgan fingerprint density at radius 2 is 1.52 bits per heavy atom. The van der Waals surface area contributed by atoms with Crippen molar-refractivity contribution in [3.63, 3.8) is 0 Å². The van der Waals surface area contributed by atoms with E-state index < -0.39 is 12.5 Å². The molecule has 0 spiro atoms. The number of benzene rings is 3. The van der Waals surface area contributed by atoms with Gasteiger partial charge in [-0.15, -0.1) is 0 Å². The molecule has 0 atom stereocenters. The van der Waals surface area contributed by atoms with Crippen molar-refractivity contribution in [2.75, 3.05) is 5.32 Å². The van der Waals surface area contributed by atoms with Crippen molar-refractivity contribution in [3.05, 3.63) is 83.4 Å². The van der Waals surface area contributed by atoms with Gasteiger partial charge in [-0.3, -0.25) is 9.59 Å². The van der Waals surface area contributed by atoms with Gasteiger partial charge in [-0.05, 0) is 47.5 Å². The van der Waals surface area contributed by atoms with Crippen LogP contribution in [0.15, 0.2) is 66.7 Å². The Labute approximate surface area is 153 Å². The zero-order valence-electron chi connectivity index (χ0n) is 13.9. The van der Waals surface area contributed by atoms with Crippen molar-refractivity contribution in [1.82, 2.24) is 0 Å². The minimum atomic E-state index is -2.90. The van der Waals surface area contributed by atoms with E-state index in [0.717, 1.165) is 11.1 Å². The standard InChI is InChI=1S/C21H13F2NO3/c22-21(23)27-14-8-6-13(7-9-14)24-20(26)12-5-10-16-15-3-1-2-4-17(15)19(25)18(16)11-12/h1-11,21H,(H,24,26). The Bertz CT molecular complexity index is 1050. The maximum Gasteiger partial charge on any atom is 0.387 e. The molecule has 0 radical (unpaired) electrons. The number of carbonyl (C=O) groups excluding carboxylic acids is 2. The molecular weight excluding hydrogens is 352 g/mol. The van der Waals surface area contributed by atoms with E-state index >= 15 is 0 Å². The fourth-order valence-electron chi connectivity index (χ4n) is 3.09. The summed E-state index contributed by atoms with van der Waals surface area (Å²) in [6.07, 6.45) is 0. The fourth-order valence-corrected chi connectivity index (χ4v) is 3.09. The second kappa shape index (κ2) is 6.64. The van der Waals surface area contributed by atoms with Gasteiger partial charge in [0.15, 0.2) is 5.78 Å². The molecule has 4 rings (SSSR count). The predicted octanol–water partition coefficient (Wildman–Crippen LogP) is 4.75. The molecule has 0 bridgehead atoms. The van der Waals surface area contributed by atoms with Crippen molar-refractivity contribution in [2.45, 2.75) is 6.61 Å². The number of hydrogen-bond donors (Lipinski definition) is 1. The molecule has 0 saturated heterocycles. The largest absolute Gasteiger partial charge is 0.435 e. The second-order valence-electron chi connectivity index (χ2n) is 5.99. The molecule has 134 valence electrons. The minimum absolute atomic E-state index is 0.00360. The lowest BCUT2D eigenvalue weighted by Gasteiger charge is -2.08. The third kappa shape index (κ3) is 3.17. The highest BCUT2D eigenvalue weighted by Gasteiger charge is 2.27. The lowest BCUT2D eigenvalue weighted by molar-refractivity contribution is -0.0498. The Hall–Kier alpha value is -3.54. The normalized spacial score (nSPS) is 11.9. The molecule has 3 aromatic rings. The average molecular weight is 365 g/mol. The highest BCUT2D eigenvalue weighted by molar-refractivity contribution is 6.22. The van der Waals surface area contributed by atoms with Crippen molar-refractivity contribution < 1.29 is 23.1 Å². The molecule has 1 amide bonds. The van der Waals surface area contributed by atoms with Crippen LogP contribution in [0.1, 0.15) is 26.3 Å². The molecule has 0 aliphatic heterocycles. The van der Waals surface area contributed by atoms with E-state index in [4.69, 9.17) is 0 Å². The first-order valence-electron chi connectivity index (χ1n) is 8.17. The number of alkyl halides is 2. The molecule has 1 aliphatic rings. The number of ether oxygens (including phenoxy) is 1. The summed E-state index contributed by atoms with van der Waals surface area (Å²) < 4.78 is 28.6. The number of rotatable bonds is 4. The minimum Gasteiger partial charge on any atom is -0.435 e. The summed E-state index contributed by atoms with van der Waals surface area (Å²) >= 11 is 0. The lowest BCUT2D eigenvalue weighted by atomic mass is 10.0. The number of amides is 1. The summed E-state index contributed by atoms with van der Waals surface area (Å²) in [5.74, 6) is -0.503. The highest BCUT2D eigenvalue weighted by atomic mass is 19.3. The zero-order chi connectivity index (χ0) is 19.0. The van der Waals surface area contributed by atoms with Gasteiger partial charge in [0.05, 0.1) is 0 Å². The van der Waals surface area contributed by atoms with E-state index in [-0.39, 0.29) is 11.5 Å². The van der Waals surface area contributed by atoms with Crippen molar-refractivity contribution in [2.24, 2.45) is 0 Å². The van der Waals surface area contributed by atoms with Gasteiger partial charge in [-0.2, -0.15) is 8.78 Å². The van der Waals surface area contributed by atoms with Crippen molar-refractivity contribution in [1.29, 1.82) is 0 Å². The Balaban J connectivity index is 1.55. The van der Waals surface area contributed by atoms with E-state index in [1.807, 2.05) is 12.1 Å². The van der Waals surface area contributed by atoms with Crippen LogP contribution < -0.4 is 10.1 Å². The van der Waals surface area contributed by atoms with Gasteiger partial charge in [0.25, 0.3) is 5.91 Å². The number of ketones is 1. The summed E-state index contributed by atoms with van der Waals surface area (Å²) in [7, 11) is 0. The molecule has 1 N–H and O–H groups in total. The predicted molar refractivity (Wildman–Crippen MR) is 96.3 cm³/mol. The summed E-state index contributed by atoms with van der Waals surface area (Å²) in [5, 5.41) is 2.67. The second-order valence-corrected chi connectivity index (χ2v) is 5.99. The zero-order valence-corrected chi connectivity index (χ0v) is 13.9. The van der Waals surface area contributed by atoms with E-state index in [1.165, 1.54) is 24.3 Å². The molecule has 6 heteroatoms. The molecule has 0 aromatic heterocycles. The van der Waals surface area contributed by atoms with Crippen molar-refractivity contribution in [3.8, 4) is 16.9 Å². The van der Waals surface area contributed by atoms with E-state index in [1.54, 1.807) is 30.3 Å². The van der Waals surface area contributed by atoms with Crippen LogP contribution in [0.4, 0.5) is 14.5 Å². The van der Waals surface area contributed by atoms with Gasteiger partial charge >= 0.3 is 6.61 Å². The SMILES string of the molecule is O=C(Nc1ccc(OC(F)F)cc1)c1ccc2c(c1)C(=O)c1ccccc1-2. The lowest BCUT2D eigenvalue weighted by Crippen LogP contribution is -2.12. The van der Waals surface area contributed by atoms with Crippen LogP contribution in [-0.4, -0.2) is 18.3 Å². The summed E-state index contributed by atoms with van der Waals surface area (Å²) in [5.41, 5.74) is 3.54. The molecule has 0 fully saturated rings. The molecule has 0 unspecified atom stereocenters. The summed E-state index contributed by atoms with van der Waals surface area (Å²) in [6, 6.07) is 17.9. The Kier molecular flexibility index (Phi) is 4.16. The third-order valence-electron chi connectivity index (χ3n) is 4.33. The van der Waals surface area contributed by atoms with Crippen LogP contribution in [0.5, 0.6) is 5.75 Å². The van der Waals surface area contributed by atoms with Crippen LogP contribution in [0.25, 0.3) is 11.1 Å². The third-order valence-corrected chi connectivity index (χ3v) is 4.33. The van der Waals surface area contributed by atoms with Gasteiger partial charge in [0.1, 0.15) is 5.75 Å². The maximum atomic E-state index is 12.5. The number of halogens is 2. The molecule has 0 saturated carbocycles. The molecule has 1 aliphatic carbocycles. The van der Waals surface area contributed by atoms with Gasteiger partial charge in [0, 0.05) is 22.4 Å². The first kappa shape index (κ1) is 16.9. The maximum absolute atomic E-state index is 12.5. The molecule has 0 heterocycles. The van der Waals surface area contributed by atoms with Gasteiger partial charge in [-0.1, -0.05) is 30.3 Å². The van der Waals surface area contributed by atoms with Gasteiger partial charge in [0.2, 0.25) is 0 Å². The number of hydrogen-bond acceptors (Lipinski definition) is 3. The number of anilines is 1. The van der Waals surface area contributed by atoms with Gasteiger partial charge in [-0.25, -0.2) is 0 Å². The number of fused-ring (bicyclic) bond motifs is 3. The van der Waals surface area contributed by atoms with E-state index in [9.17, 15) is 18.4 Å². The molecule has 4 nitrogen and oxygen atoms in total. The highest BCUT2D eigenvalue weighted by Crippen LogP contribution is 2.36. The van der Waals surface area contributed by atoms with Crippen LogP contribution in [0.2, 0.25) is 0 Å². The van der Waals surface area contributed by atoms with Crippen LogP contribution in [0.3, 0.4) is 0 Å². The van der Waals surface area contributed by atoms with E-state index in [2.05, 4.69) is 10.1 Å². The Morgan fingerprint density at radius 1 is 0.852 bits per heavy atom. The van der Waals surface area contributed by atoms with E-state index in [0.29, 0.717) is 22.4 Å². The first-order chi connectivity index (χ1) is 13.0. The monoisotopic (exact) mass is 365 g/mol.